The van der Waals surface area contributed by atoms with Crippen molar-refractivity contribution in [1.29, 1.82) is 0 Å². The predicted octanol–water partition coefficient (Wildman–Crippen LogP) is 3.96. The summed E-state index contributed by atoms with van der Waals surface area (Å²) in [5, 5.41) is 3.58. The molecule has 0 aromatic heterocycles. The fourth-order valence-electron chi connectivity index (χ4n) is 3.38. The number of nitrogens with one attached hydrogen (secondary N) is 1. The normalized spacial score (nSPS) is 15.5. The van der Waals surface area contributed by atoms with E-state index in [-0.39, 0.29) is 36.2 Å². The van der Waals surface area contributed by atoms with Crippen molar-refractivity contribution in [3.63, 3.8) is 0 Å². The van der Waals surface area contributed by atoms with E-state index in [0.717, 1.165) is 0 Å². The fourth-order valence-corrected chi connectivity index (χ4v) is 5.23. The number of sulfonamides is 1. The third kappa shape index (κ3) is 5.98. The van der Waals surface area contributed by atoms with E-state index in [1.165, 1.54) is 29.6 Å². The second-order valence-corrected chi connectivity index (χ2v) is 10.0. The molecule has 1 N–H and O–H groups in total. The SMILES string of the molecule is COC(=O)c1ccc(Cl)c(NC(=O)C2CCN(S(=O)(=O)Cc3ccc(Cl)cc3)CC2)c1. The summed E-state index contributed by atoms with van der Waals surface area (Å²) < 4.78 is 31.5. The molecule has 1 fully saturated rings. The number of ether oxygens (including phenoxy) is 1. The number of piperidine rings is 1. The van der Waals surface area contributed by atoms with Crippen LogP contribution in [-0.2, 0) is 25.3 Å². The Balaban J connectivity index is 1.59. The number of hydrogen-bond donors (Lipinski definition) is 1. The molecule has 1 aliphatic heterocycles. The van der Waals surface area contributed by atoms with Crippen LogP contribution in [0.15, 0.2) is 42.5 Å². The molecule has 0 aliphatic carbocycles. The molecular formula is C21H22Cl2N2O5S. The number of nitrogens with zero attached hydrogens (tertiary/aromatic N) is 1. The minimum atomic E-state index is -3.50. The molecule has 10 heteroatoms. The van der Waals surface area contributed by atoms with E-state index < -0.39 is 16.0 Å². The van der Waals surface area contributed by atoms with E-state index >= 15 is 0 Å². The van der Waals surface area contributed by atoms with Crippen molar-refractivity contribution in [2.75, 3.05) is 25.5 Å². The highest BCUT2D eigenvalue weighted by Gasteiger charge is 2.31. The molecule has 0 radical (unpaired) electrons. The highest BCUT2D eigenvalue weighted by molar-refractivity contribution is 7.88. The Morgan fingerprint density at radius 1 is 1.10 bits per heavy atom. The Morgan fingerprint density at radius 2 is 1.74 bits per heavy atom. The van der Waals surface area contributed by atoms with Crippen LogP contribution in [0.4, 0.5) is 5.69 Å². The lowest BCUT2D eigenvalue weighted by molar-refractivity contribution is -0.120. The van der Waals surface area contributed by atoms with Gasteiger partial charge in [-0.3, -0.25) is 4.79 Å². The number of methoxy groups -OCH3 is 1. The first kappa shape index (κ1) is 23.5. The second-order valence-electron chi connectivity index (χ2n) is 7.23. The number of carbonyl (C=O) groups excluding carboxylic acids is 2. The molecule has 0 spiro atoms. The highest BCUT2D eigenvalue weighted by Crippen LogP contribution is 2.27. The van der Waals surface area contributed by atoms with Gasteiger partial charge in [-0.2, -0.15) is 0 Å². The lowest BCUT2D eigenvalue weighted by Crippen LogP contribution is -2.41. The Bertz CT molecular complexity index is 1070. The van der Waals surface area contributed by atoms with Crippen LogP contribution in [0.2, 0.25) is 10.0 Å². The van der Waals surface area contributed by atoms with Gasteiger partial charge in [-0.1, -0.05) is 35.3 Å². The van der Waals surface area contributed by atoms with Crippen molar-refractivity contribution in [3.05, 3.63) is 63.6 Å². The number of hydrogen-bond acceptors (Lipinski definition) is 5. The molecule has 0 saturated carbocycles. The average molecular weight is 485 g/mol. The summed E-state index contributed by atoms with van der Waals surface area (Å²) in [4.78, 5) is 24.4. The Morgan fingerprint density at radius 3 is 2.35 bits per heavy atom. The quantitative estimate of drug-likeness (QED) is 0.626. The van der Waals surface area contributed by atoms with Crippen LogP contribution in [0.5, 0.6) is 0 Å². The van der Waals surface area contributed by atoms with Gasteiger partial charge in [0.05, 0.1) is 29.1 Å². The molecular weight excluding hydrogens is 463 g/mol. The van der Waals surface area contributed by atoms with E-state index in [0.29, 0.717) is 34.1 Å². The number of amides is 1. The van der Waals surface area contributed by atoms with E-state index in [9.17, 15) is 18.0 Å². The Labute approximate surface area is 191 Å². The molecule has 2 aromatic carbocycles. The topological polar surface area (TPSA) is 92.8 Å². The van der Waals surface area contributed by atoms with Crippen molar-refractivity contribution < 1.29 is 22.7 Å². The van der Waals surface area contributed by atoms with Crippen LogP contribution in [0.1, 0.15) is 28.8 Å². The Hall–Kier alpha value is -2.13. The number of halogens is 2. The molecule has 2 aromatic rings. The monoisotopic (exact) mass is 484 g/mol. The van der Waals surface area contributed by atoms with Gasteiger partial charge < -0.3 is 10.1 Å². The summed E-state index contributed by atoms with van der Waals surface area (Å²) >= 11 is 12.0. The zero-order chi connectivity index (χ0) is 22.6. The first-order valence-corrected chi connectivity index (χ1v) is 12.0. The molecule has 1 saturated heterocycles. The number of anilines is 1. The van der Waals surface area contributed by atoms with Crippen LogP contribution in [-0.4, -0.2) is 44.8 Å². The first-order valence-electron chi connectivity index (χ1n) is 9.60. The van der Waals surface area contributed by atoms with Gasteiger partial charge in [0.1, 0.15) is 0 Å². The van der Waals surface area contributed by atoms with Gasteiger partial charge in [0.15, 0.2) is 0 Å². The minimum absolute atomic E-state index is 0.114. The molecule has 1 heterocycles. The number of carbonyl (C=O) groups is 2. The van der Waals surface area contributed by atoms with Crippen LogP contribution >= 0.6 is 23.2 Å². The van der Waals surface area contributed by atoms with Crippen LogP contribution < -0.4 is 5.32 Å². The van der Waals surface area contributed by atoms with Crippen molar-refractivity contribution in [2.24, 2.45) is 5.92 Å². The Kier molecular flexibility index (Phi) is 7.59. The van der Waals surface area contributed by atoms with Gasteiger partial charge in [0.25, 0.3) is 0 Å². The molecule has 1 amide bonds. The van der Waals surface area contributed by atoms with Crippen molar-refractivity contribution >= 4 is 50.8 Å². The second kappa shape index (κ2) is 9.99. The van der Waals surface area contributed by atoms with Crippen molar-refractivity contribution in [3.8, 4) is 0 Å². The summed E-state index contributed by atoms with van der Waals surface area (Å²) in [5.41, 5.74) is 1.24. The molecule has 0 unspecified atom stereocenters. The first-order chi connectivity index (χ1) is 14.7. The maximum Gasteiger partial charge on any atom is 0.337 e. The van der Waals surface area contributed by atoms with Gasteiger partial charge in [0, 0.05) is 24.0 Å². The van der Waals surface area contributed by atoms with Crippen molar-refractivity contribution in [1.82, 2.24) is 4.31 Å². The van der Waals surface area contributed by atoms with Gasteiger partial charge in [0.2, 0.25) is 15.9 Å². The number of rotatable bonds is 6. The van der Waals surface area contributed by atoms with Crippen LogP contribution in [0.25, 0.3) is 0 Å². The lowest BCUT2D eigenvalue weighted by atomic mass is 9.97. The van der Waals surface area contributed by atoms with E-state index in [4.69, 9.17) is 23.2 Å². The third-order valence-corrected chi connectivity index (χ3v) is 7.56. The maximum absolute atomic E-state index is 12.7. The molecule has 3 rings (SSSR count). The molecule has 0 bridgehead atoms. The summed E-state index contributed by atoms with van der Waals surface area (Å²) in [5.74, 6) is -1.28. The summed E-state index contributed by atoms with van der Waals surface area (Å²) in [7, 11) is -2.23. The van der Waals surface area contributed by atoms with Crippen LogP contribution in [0, 0.1) is 5.92 Å². The van der Waals surface area contributed by atoms with E-state index in [1.807, 2.05) is 0 Å². The summed E-state index contributed by atoms with van der Waals surface area (Å²) in [6.45, 7) is 0.508. The average Bonchev–Trinajstić information content (AvgIpc) is 2.76. The smallest absolute Gasteiger partial charge is 0.337 e. The zero-order valence-electron chi connectivity index (χ0n) is 16.8. The van der Waals surface area contributed by atoms with Crippen molar-refractivity contribution in [2.45, 2.75) is 18.6 Å². The maximum atomic E-state index is 12.7. The highest BCUT2D eigenvalue weighted by atomic mass is 35.5. The van der Waals surface area contributed by atoms with Crippen LogP contribution in [0.3, 0.4) is 0 Å². The van der Waals surface area contributed by atoms with Gasteiger partial charge >= 0.3 is 5.97 Å². The molecule has 166 valence electrons. The summed E-state index contributed by atoms with van der Waals surface area (Å²) in [6, 6.07) is 11.2. The largest absolute Gasteiger partial charge is 0.465 e. The zero-order valence-corrected chi connectivity index (χ0v) is 19.1. The molecule has 7 nitrogen and oxygen atoms in total. The fraction of sp³-hybridized carbons (Fsp3) is 0.333. The number of esters is 1. The minimum Gasteiger partial charge on any atom is -0.465 e. The molecule has 31 heavy (non-hydrogen) atoms. The predicted molar refractivity (Wildman–Crippen MR) is 120 cm³/mol. The number of benzene rings is 2. The standard InChI is InChI=1S/C21H22Cl2N2O5S/c1-30-21(27)16-4-7-18(23)19(12-16)24-20(26)15-8-10-25(11-9-15)31(28,29)13-14-2-5-17(22)6-3-14/h2-7,12,15H,8-11,13H2,1H3,(H,24,26). The third-order valence-electron chi connectivity index (χ3n) is 5.13. The van der Waals surface area contributed by atoms with E-state index in [1.54, 1.807) is 24.3 Å². The van der Waals surface area contributed by atoms with E-state index in [2.05, 4.69) is 10.1 Å². The van der Waals surface area contributed by atoms with Gasteiger partial charge in [-0.05, 0) is 48.7 Å². The molecule has 1 aliphatic rings. The molecule has 0 atom stereocenters. The van der Waals surface area contributed by atoms with Gasteiger partial charge in [-0.25, -0.2) is 17.5 Å². The van der Waals surface area contributed by atoms with Gasteiger partial charge in [-0.15, -0.1) is 0 Å². The lowest BCUT2D eigenvalue weighted by Gasteiger charge is -2.30. The summed E-state index contributed by atoms with van der Waals surface area (Å²) in [6.07, 6.45) is 0.778.